The molecule has 1 amide bonds. The number of likely N-dealkylation sites (tertiary alicyclic amines) is 1. The molecule has 0 bridgehead atoms. The molecule has 106 valence electrons. The number of H-pyrrole nitrogens is 1. The number of carbonyl (C=O) groups is 1. The summed E-state index contributed by atoms with van der Waals surface area (Å²) >= 11 is 0. The van der Waals surface area contributed by atoms with Gasteiger partial charge in [-0.05, 0) is 43.9 Å². The van der Waals surface area contributed by atoms with E-state index < -0.39 is 0 Å². The summed E-state index contributed by atoms with van der Waals surface area (Å²) in [6.45, 7) is 5.91. The van der Waals surface area contributed by atoms with Crippen molar-refractivity contribution in [2.45, 2.75) is 39.5 Å². The van der Waals surface area contributed by atoms with Gasteiger partial charge in [0.05, 0.1) is 0 Å². The van der Waals surface area contributed by atoms with Gasteiger partial charge in [0.25, 0.3) is 5.91 Å². The number of nitrogens with one attached hydrogen (secondary N) is 1. The number of fused-ring (bicyclic) bond motifs is 1. The molecule has 1 N–H and O–H groups in total. The van der Waals surface area contributed by atoms with Crippen LogP contribution in [0.1, 0.15) is 47.3 Å². The molecule has 3 rings (SSSR count). The number of rotatable bonds is 1. The van der Waals surface area contributed by atoms with Gasteiger partial charge in [-0.25, -0.2) is 0 Å². The van der Waals surface area contributed by atoms with Crippen LogP contribution in [0, 0.1) is 13.8 Å². The highest BCUT2D eigenvalue weighted by Crippen LogP contribution is 2.24. The molecule has 2 aromatic rings. The number of hydrogen-bond donors (Lipinski definition) is 1. The smallest absolute Gasteiger partial charge is 0.270 e. The zero-order valence-corrected chi connectivity index (χ0v) is 12.3. The molecule has 1 aromatic heterocycles. The van der Waals surface area contributed by atoms with E-state index in [1.807, 2.05) is 11.8 Å². The third kappa shape index (κ3) is 2.33. The maximum absolute atomic E-state index is 12.7. The molecule has 20 heavy (non-hydrogen) atoms. The van der Waals surface area contributed by atoms with Crippen LogP contribution in [0.3, 0.4) is 0 Å². The maximum atomic E-state index is 12.7. The molecular weight excluding hydrogens is 248 g/mol. The standard InChI is InChI=1S/C17H22N2O/c1-12-7-8-14-13(2)16(18-15(14)11-12)17(20)19-9-5-3-4-6-10-19/h7-8,11,18H,3-6,9-10H2,1-2H3. The van der Waals surface area contributed by atoms with Crippen LogP contribution in [-0.4, -0.2) is 28.9 Å². The van der Waals surface area contributed by atoms with E-state index in [1.54, 1.807) is 0 Å². The Kier molecular flexibility index (Phi) is 3.51. The first-order chi connectivity index (χ1) is 9.66. The Morgan fingerprint density at radius 2 is 1.80 bits per heavy atom. The van der Waals surface area contributed by atoms with E-state index >= 15 is 0 Å². The van der Waals surface area contributed by atoms with Gasteiger partial charge in [0.1, 0.15) is 5.69 Å². The molecule has 1 fully saturated rings. The average Bonchev–Trinajstić information content (AvgIpc) is 2.65. The summed E-state index contributed by atoms with van der Waals surface area (Å²) in [7, 11) is 0. The fourth-order valence-electron chi connectivity index (χ4n) is 3.10. The van der Waals surface area contributed by atoms with Crippen molar-refractivity contribution in [3.63, 3.8) is 0 Å². The second kappa shape index (κ2) is 5.31. The molecular formula is C17H22N2O. The molecule has 3 heteroatoms. The second-order valence-corrected chi connectivity index (χ2v) is 5.88. The van der Waals surface area contributed by atoms with Crippen molar-refractivity contribution in [2.24, 2.45) is 0 Å². The highest BCUT2D eigenvalue weighted by molar-refractivity contribution is 6.01. The quantitative estimate of drug-likeness (QED) is 0.840. The first kappa shape index (κ1) is 13.2. The van der Waals surface area contributed by atoms with Crippen LogP contribution in [-0.2, 0) is 0 Å². The van der Waals surface area contributed by atoms with Crippen LogP contribution in [0.5, 0.6) is 0 Å². The van der Waals surface area contributed by atoms with Crippen molar-refractivity contribution < 1.29 is 4.79 Å². The minimum absolute atomic E-state index is 0.165. The average molecular weight is 270 g/mol. The fourth-order valence-corrected chi connectivity index (χ4v) is 3.10. The van der Waals surface area contributed by atoms with Gasteiger partial charge < -0.3 is 9.88 Å². The van der Waals surface area contributed by atoms with Crippen molar-refractivity contribution in [1.29, 1.82) is 0 Å². The van der Waals surface area contributed by atoms with Gasteiger partial charge in [-0.3, -0.25) is 4.79 Å². The van der Waals surface area contributed by atoms with Gasteiger partial charge in [-0.2, -0.15) is 0 Å². The first-order valence-electron chi connectivity index (χ1n) is 7.55. The zero-order valence-electron chi connectivity index (χ0n) is 12.3. The van der Waals surface area contributed by atoms with Gasteiger partial charge in [0.15, 0.2) is 0 Å². The molecule has 1 aliphatic heterocycles. The van der Waals surface area contributed by atoms with Crippen molar-refractivity contribution in [3.8, 4) is 0 Å². The number of benzene rings is 1. The Morgan fingerprint density at radius 3 is 2.50 bits per heavy atom. The lowest BCUT2D eigenvalue weighted by Gasteiger charge is -2.19. The molecule has 1 aliphatic rings. The topological polar surface area (TPSA) is 36.1 Å². The second-order valence-electron chi connectivity index (χ2n) is 5.88. The van der Waals surface area contributed by atoms with Gasteiger partial charge in [-0.15, -0.1) is 0 Å². The lowest BCUT2D eigenvalue weighted by molar-refractivity contribution is 0.0756. The third-order valence-electron chi connectivity index (χ3n) is 4.32. The van der Waals surface area contributed by atoms with Gasteiger partial charge >= 0.3 is 0 Å². The molecule has 0 unspecified atom stereocenters. The van der Waals surface area contributed by atoms with Crippen LogP contribution in [0.25, 0.3) is 10.9 Å². The highest BCUT2D eigenvalue weighted by Gasteiger charge is 2.21. The number of nitrogens with zero attached hydrogens (tertiary/aromatic N) is 1. The van der Waals surface area contributed by atoms with Gasteiger partial charge in [-0.1, -0.05) is 25.0 Å². The molecule has 0 aliphatic carbocycles. The molecule has 1 aromatic carbocycles. The summed E-state index contributed by atoms with van der Waals surface area (Å²) in [6.07, 6.45) is 4.75. The summed E-state index contributed by atoms with van der Waals surface area (Å²) in [6, 6.07) is 6.32. The number of carbonyl (C=O) groups excluding carboxylic acids is 1. The summed E-state index contributed by atoms with van der Waals surface area (Å²) in [5.74, 6) is 0.165. The molecule has 0 spiro atoms. The van der Waals surface area contributed by atoms with Crippen LogP contribution in [0.2, 0.25) is 0 Å². The Balaban J connectivity index is 1.96. The van der Waals surface area contributed by atoms with Crippen molar-refractivity contribution in [2.75, 3.05) is 13.1 Å². The number of amides is 1. The fraction of sp³-hybridized carbons (Fsp3) is 0.471. The summed E-state index contributed by atoms with van der Waals surface area (Å²) < 4.78 is 0. The molecule has 0 radical (unpaired) electrons. The molecule has 1 saturated heterocycles. The van der Waals surface area contributed by atoms with Gasteiger partial charge in [0, 0.05) is 24.0 Å². The molecule has 0 saturated carbocycles. The third-order valence-corrected chi connectivity index (χ3v) is 4.32. The Morgan fingerprint density at radius 1 is 1.10 bits per heavy atom. The summed E-state index contributed by atoms with van der Waals surface area (Å²) in [4.78, 5) is 18.1. The zero-order chi connectivity index (χ0) is 14.1. The van der Waals surface area contributed by atoms with E-state index in [-0.39, 0.29) is 5.91 Å². The number of aryl methyl sites for hydroxylation is 2. The van der Waals surface area contributed by atoms with Crippen molar-refractivity contribution in [3.05, 3.63) is 35.0 Å². The number of aromatic nitrogens is 1. The minimum atomic E-state index is 0.165. The molecule has 3 nitrogen and oxygen atoms in total. The largest absolute Gasteiger partial charge is 0.350 e. The Bertz CT molecular complexity index is 634. The van der Waals surface area contributed by atoms with Crippen molar-refractivity contribution in [1.82, 2.24) is 9.88 Å². The predicted octanol–water partition coefficient (Wildman–Crippen LogP) is 3.80. The van der Waals surface area contributed by atoms with Crippen molar-refractivity contribution >= 4 is 16.8 Å². The molecule has 2 heterocycles. The maximum Gasteiger partial charge on any atom is 0.270 e. The summed E-state index contributed by atoms with van der Waals surface area (Å²) in [5, 5.41) is 1.16. The van der Waals surface area contributed by atoms with Crippen LogP contribution in [0.15, 0.2) is 18.2 Å². The van der Waals surface area contributed by atoms with Gasteiger partial charge in [0.2, 0.25) is 0 Å². The van der Waals surface area contributed by atoms with Crippen LogP contribution >= 0.6 is 0 Å². The van der Waals surface area contributed by atoms with E-state index in [0.29, 0.717) is 0 Å². The lowest BCUT2D eigenvalue weighted by atomic mass is 10.1. The van der Waals surface area contributed by atoms with E-state index in [9.17, 15) is 4.79 Å². The minimum Gasteiger partial charge on any atom is -0.350 e. The molecule has 0 atom stereocenters. The lowest BCUT2D eigenvalue weighted by Crippen LogP contribution is -2.32. The normalized spacial score (nSPS) is 16.4. The number of hydrogen-bond acceptors (Lipinski definition) is 1. The summed E-state index contributed by atoms with van der Waals surface area (Å²) in [5.41, 5.74) is 4.13. The monoisotopic (exact) mass is 270 g/mol. The highest BCUT2D eigenvalue weighted by atomic mass is 16.2. The Hall–Kier alpha value is -1.77. The van der Waals surface area contributed by atoms with E-state index in [4.69, 9.17) is 0 Å². The van der Waals surface area contributed by atoms with E-state index in [1.165, 1.54) is 18.4 Å². The van der Waals surface area contributed by atoms with Crippen LogP contribution < -0.4 is 0 Å². The SMILES string of the molecule is Cc1ccc2c(C)c(C(=O)N3CCCCCC3)[nH]c2c1. The first-order valence-corrected chi connectivity index (χ1v) is 7.55. The van der Waals surface area contributed by atoms with Crippen LogP contribution in [0.4, 0.5) is 0 Å². The number of aromatic amines is 1. The Labute approximate surface area is 120 Å². The predicted molar refractivity (Wildman–Crippen MR) is 82.1 cm³/mol. The van der Waals surface area contributed by atoms with E-state index in [0.717, 1.165) is 48.1 Å². The van der Waals surface area contributed by atoms with E-state index in [2.05, 4.69) is 30.1 Å².